The molecule has 0 N–H and O–H groups in total. The number of hydrogen-bond acceptors (Lipinski definition) is 3. The number of likely N-dealkylation sites (tertiary alicyclic amines) is 1. The molecule has 1 unspecified atom stereocenters. The first kappa shape index (κ1) is 9.03. The van der Waals surface area contributed by atoms with Crippen LogP contribution < -0.4 is 5.11 Å². The Hall–Kier alpha value is -1.06. The first-order chi connectivity index (χ1) is 5.46. The molecule has 4 nitrogen and oxygen atoms in total. The largest absolute Gasteiger partial charge is 0.550 e. The summed E-state index contributed by atoms with van der Waals surface area (Å²) in [6.07, 6.45) is 0.978. The van der Waals surface area contributed by atoms with Crippen molar-refractivity contribution in [3.8, 4) is 0 Å². The highest BCUT2D eigenvalue weighted by Crippen LogP contribution is 2.30. The van der Waals surface area contributed by atoms with E-state index in [4.69, 9.17) is 0 Å². The summed E-state index contributed by atoms with van der Waals surface area (Å²) in [7, 11) is 1.64. The molecule has 4 heteroatoms. The van der Waals surface area contributed by atoms with E-state index in [2.05, 4.69) is 0 Å². The van der Waals surface area contributed by atoms with Crippen molar-refractivity contribution < 1.29 is 14.7 Å². The zero-order valence-electron chi connectivity index (χ0n) is 7.29. The lowest BCUT2D eigenvalue weighted by molar-refractivity contribution is -0.307. The summed E-state index contributed by atoms with van der Waals surface area (Å²) in [5, 5.41) is 10.4. The third-order valence-corrected chi connectivity index (χ3v) is 2.59. The van der Waals surface area contributed by atoms with Crippen LogP contribution in [0, 0.1) is 0 Å². The Morgan fingerprint density at radius 3 is 2.67 bits per heavy atom. The third kappa shape index (κ3) is 1.42. The molecule has 68 valence electrons. The van der Waals surface area contributed by atoms with E-state index in [0.717, 1.165) is 0 Å². The van der Waals surface area contributed by atoms with Crippen molar-refractivity contribution in [1.29, 1.82) is 0 Å². The zero-order valence-corrected chi connectivity index (χ0v) is 7.29. The highest BCUT2D eigenvalue weighted by Gasteiger charge is 2.38. The molecule has 0 bridgehead atoms. The topological polar surface area (TPSA) is 60.4 Å². The molecule has 1 heterocycles. The number of nitrogens with zero attached hydrogens (tertiary/aromatic N) is 1. The van der Waals surface area contributed by atoms with Gasteiger partial charge in [-0.15, -0.1) is 0 Å². The maximum atomic E-state index is 11.1. The van der Waals surface area contributed by atoms with E-state index in [1.807, 2.05) is 0 Å². The Labute approximate surface area is 71.2 Å². The second-order valence-corrected chi connectivity index (χ2v) is 3.50. The highest BCUT2D eigenvalue weighted by atomic mass is 16.4. The normalized spacial score (nSPS) is 29.5. The maximum Gasteiger partial charge on any atom is 0.222 e. The SMILES string of the molecule is CN1C(=O)CCC1(C)CC(=O)[O-]. The van der Waals surface area contributed by atoms with Crippen LogP contribution >= 0.6 is 0 Å². The quantitative estimate of drug-likeness (QED) is 0.541. The predicted octanol–water partition coefficient (Wildman–Crippen LogP) is -0.863. The van der Waals surface area contributed by atoms with Crippen LogP contribution in [0.15, 0.2) is 0 Å². The lowest BCUT2D eigenvalue weighted by Crippen LogP contribution is -2.44. The summed E-state index contributed by atoms with van der Waals surface area (Å²) in [4.78, 5) is 23.0. The van der Waals surface area contributed by atoms with Gasteiger partial charge in [-0.05, 0) is 13.3 Å². The molecule has 1 atom stereocenters. The second kappa shape index (κ2) is 2.77. The van der Waals surface area contributed by atoms with E-state index in [-0.39, 0.29) is 12.3 Å². The van der Waals surface area contributed by atoms with E-state index in [1.165, 1.54) is 4.90 Å². The van der Waals surface area contributed by atoms with E-state index in [1.54, 1.807) is 14.0 Å². The van der Waals surface area contributed by atoms with Gasteiger partial charge in [-0.25, -0.2) is 0 Å². The van der Waals surface area contributed by atoms with Gasteiger partial charge in [0.15, 0.2) is 0 Å². The third-order valence-electron chi connectivity index (χ3n) is 2.59. The smallest absolute Gasteiger partial charge is 0.222 e. The number of rotatable bonds is 2. The van der Waals surface area contributed by atoms with Gasteiger partial charge in [0.25, 0.3) is 0 Å². The van der Waals surface area contributed by atoms with Crippen molar-refractivity contribution in [3.05, 3.63) is 0 Å². The van der Waals surface area contributed by atoms with Crippen molar-refractivity contribution >= 4 is 11.9 Å². The minimum atomic E-state index is -1.10. The van der Waals surface area contributed by atoms with E-state index in [0.29, 0.717) is 12.8 Å². The molecule has 0 aromatic carbocycles. The van der Waals surface area contributed by atoms with Crippen molar-refractivity contribution in [2.24, 2.45) is 0 Å². The Bertz CT molecular complexity index is 226. The van der Waals surface area contributed by atoms with E-state index < -0.39 is 11.5 Å². The first-order valence-corrected chi connectivity index (χ1v) is 3.92. The summed E-state index contributed by atoms with van der Waals surface area (Å²) in [6.45, 7) is 1.77. The Balaban J connectivity index is 2.72. The number of carbonyl (C=O) groups is 2. The molecule has 1 aliphatic heterocycles. The Kier molecular flexibility index (Phi) is 2.08. The van der Waals surface area contributed by atoms with Crippen LogP contribution in [0.25, 0.3) is 0 Å². The van der Waals surface area contributed by atoms with Crippen LogP contribution in [0.3, 0.4) is 0 Å². The molecule has 1 aliphatic rings. The average molecular weight is 170 g/mol. The fraction of sp³-hybridized carbons (Fsp3) is 0.750. The molecule has 0 aromatic heterocycles. The average Bonchev–Trinajstić information content (AvgIpc) is 2.16. The van der Waals surface area contributed by atoms with Crippen LogP contribution in [0.2, 0.25) is 0 Å². The number of amides is 1. The van der Waals surface area contributed by atoms with E-state index in [9.17, 15) is 14.7 Å². The standard InChI is InChI=1S/C8H13NO3/c1-8(5-7(11)12)4-3-6(10)9(8)2/h3-5H2,1-2H3,(H,11,12)/p-1. The predicted molar refractivity (Wildman–Crippen MR) is 40.0 cm³/mol. The molecular weight excluding hydrogens is 158 g/mol. The van der Waals surface area contributed by atoms with Crippen molar-refractivity contribution in [1.82, 2.24) is 4.90 Å². The first-order valence-electron chi connectivity index (χ1n) is 3.92. The summed E-state index contributed by atoms with van der Waals surface area (Å²) in [5.74, 6) is -1.09. The summed E-state index contributed by atoms with van der Waals surface area (Å²) >= 11 is 0. The minimum absolute atomic E-state index is 0.0127. The summed E-state index contributed by atoms with van der Waals surface area (Å²) < 4.78 is 0. The van der Waals surface area contributed by atoms with Gasteiger partial charge in [-0.2, -0.15) is 0 Å². The zero-order chi connectivity index (χ0) is 9.35. The monoisotopic (exact) mass is 170 g/mol. The molecule has 0 saturated carbocycles. The molecule has 0 radical (unpaired) electrons. The van der Waals surface area contributed by atoms with Crippen LogP contribution in [0.1, 0.15) is 26.2 Å². The van der Waals surface area contributed by atoms with Gasteiger partial charge in [0.2, 0.25) is 5.91 Å². The van der Waals surface area contributed by atoms with Gasteiger partial charge >= 0.3 is 0 Å². The maximum absolute atomic E-state index is 11.1. The Morgan fingerprint density at radius 2 is 2.33 bits per heavy atom. The Morgan fingerprint density at radius 1 is 1.75 bits per heavy atom. The van der Waals surface area contributed by atoms with Crippen LogP contribution in [-0.4, -0.2) is 29.4 Å². The molecular formula is C8H12NO3-. The van der Waals surface area contributed by atoms with Gasteiger partial charge in [-0.3, -0.25) is 4.79 Å². The lowest BCUT2D eigenvalue weighted by atomic mass is 9.95. The molecule has 0 aliphatic carbocycles. The highest BCUT2D eigenvalue weighted by molar-refractivity contribution is 5.80. The van der Waals surface area contributed by atoms with Crippen molar-refractivity contribution in [2.75, 3.05) is 7.05 Å². The molecule has 0 spiro atoms. The fourth-order valence-corrected chi connectivity index (χ4v) is 1.53. The summed E-state index contributed by atoms with van der Waals surface area (Å²) in [5.41, 5.74) is -0.532. The van der Waals surface area contributed by atoms with Crippen LogP contribution in [-0.2, 0) is 9.59 Å². The lowest BCUT2D eigenvalue weighted by Gasteiger charge is -2.32. The number of hydrogen-bond donors (Lipinski definition) is 0. The van der Waals surface area contributed by atoms with Gasteiger partial charge in [0.1, 0.15) is 0 Å². The molecule has 12 heavy (non-hydrogen) atoms. The molecule has 1 rings (SSSR count). The van der Waals surface area contributed by atoms with Gasteiger partial charge in [0, 0.05) is 31.4 Å². The molecule has 1 amide bonds. The number of carboxylic acid groups (broad SMARTS) is 1. The van der Waals surface area contributed by atoms with Crippen molar-refractivity contribution in [2.45, 2.75) is 31.7 Å². The fourth-order valence-electron chi connectivity index (χ4n) is 1.53. The minimum Gasteiger partial charge on any atom is -0.550 e. The van der Waals surface area contributed by atoms with Crippen LogP contribution in [0.4, 0.5) is 0 Å². The molecule has 0 aromatic rings. The van der Waals surface area contributed by atoms with Crippen LogP contribution in [0.5, 0.6) is 0 Å². The van der Waals surface area contributed by atoms with Gasteiger partial charge in [-0.1, -0.05) is 0 Å². The summed E-state index contributed by atoms with van der Waals surface area (Å²) in [6, 6.07) is 0. The second-order valence-electron chi connectivity index (χ2n) is 3.50. The molecule has 1 fully saturated rings. The number of carboxylic acids is 1. The van der Waals surface area contributed by atoms with Crippen molar-refractivity contribution in [3.63, 3.8) is 0 Å². The number of carbonyl (C=O) groups excluding carboxylic acids is 2. The van der Waals surface area contributed by atoms with E-state index >= 15 is 0 Å². The molecule has 1 saturated heterocycles. The number of aliphatic carboxylic acids is 1. The van der Waals surface area contributed by atoms with Gasteiger partial charge in [0.05, 0.1) is 0 Å². The van der Waals surface area contributed by atoms with Gasteiger partial charge < -0.3 is 14.8 Å².